The average Bonchev–Trinajstić information content (AvgIpc) is 2.48. The fourth-order valence-corrected chi connectivity index (χ4v) is 2.65. The summed E-state index contributed by atoms with van der Waals surface area (Å²) in [6, 6.07) is 3.82. The van der Waals surface area contributed by atoms with Crippen LogP contribution in [0, 0.1) is 5.92 Å². The maximum Gasteiger partial charge on any atom is 0.227 e. The van der Waals surface area contributed by atoms with Crippen molar-refractivity contribution in [3.63, 3.8) is 0 Å². The highest BCUT2D eigenvalue weighted by Crippen LogP contribution is 2.27. The zero-order valence-electron chi connectivity index (χ0n) is 12.9. The maximum absolute atomic E-state index is 11.9. The Labute approximate surface area is 131 Å². The number of nitrogens with one attached hydrogen (secondary N) is 2. The van der Waals surface area contributed by atoms with Gasteiger partial charge in [-0.15, -0.1) is 0 Å². The van der Waals surface area contributed by atoms with Crippen LogP contribution in [-0.2, 0) is 9.53 Å². The minimum atomic E-state index is 0.126. The predicted octanol–water partition coefficient (Wildman–Crippen LogP) is 1.56. The van der Waals surface area contributed by atoms with E-state index in [4.69, 9.17) is 4.74 Å². The largest absolute Gasteiger partial charge is 0.379 e. The molecule has 1 saturated carbocycles. The van der Waals surface area contributed by atoms with Crippen LogP contribution in [0.5, 0.6) is 0 Å². The van der Waals surface area contributed by atoms with Gasteiger partial charge in [-0.1, -0.05) is 6.42 Å². The quantitative estimate of drug-likeness (QED) is 0.835. The monoisotopic (exact) mass is 304 g/mol. The molecule has 0 aromatic carbocycles. The first-order chi connectivity index (χ1) is 10.8. The second-order valence-corrected chi connectivity index (χ2v) is 5.93. The van der Waals surface area contributed by atoms with Crippen molar-refractivity contribution in [1.82, 2.24) is 9.88 Å². The average molecular weight is 304 g/mol. The smallest absolute Gasteiger partial charge is 0.227 e. The third-order valence-electron chi connectivity index (χ3n) is 4.34. The summed E-state index contributed by atoms with van der Waals surface area (Å²) in [6.45, 7) is 5.51. The van der Waals surface area contributed by atoms with Gasteiger partial charge in [-0.05, 0) is 25.0 Å². The lowest BCUT2D eigenvalue weighted by Crippen LogP contribution is -2.39. The van der Waals surface area contributed by atoms with Gasteiger partial charge in [-0.25, -0.2) is 4.98 Å². The molecular weight excluding hydrogens is 280 g/mol. The summed E-state index contributed by atoms with van der Waals surface area (Å²) in [4.78, 5) is 18.6. The van der Waals surface area contributed by atoms with E-state index < -0.39 is 0 Å². The lowest BCUT2D eigenvalue weighted by atomic mass is 9.85. The molecule has 2 N–H and O–H groups in total. The highest BCUT2D eigenvalue weighted by molar-refractivity contribution is 5.92. The molecule has 22 heavy (non-hydrogen) atoms. The van der Waals surface area contributed by atoms with Gasteiger partial charge in [0.1, 0.15) is 5.82 Å². The molecule has 1 aliphatic heterocycles. The number of aromatic nitrogens is 1. The summed E-state index contributed by atoms with van der Waals surface area (Å²) >= 11 is 0. The first kappa shape index (κ1) is 15.2. The van der Waals surface area contributed by atoms with Crippen LogP contribution in [0.1, 0.15) is 19.3 Å². The van der Waals surface area contributed by atoms with E-state index in [9.17, 15) is 4.79 Å². The number of nitrogens with zero attached hydrogens (tertiary/aromatic N) is 2. The summed E-state index contributed by atoms with van der Waals surface area (Å²) in [5.74, 6) is 1.17. The molecule has 1 saturated heterocycles. The van der Waals surface area contributed by atoms with Crippen molar-refractivity contribution in [3.05, 3.63) is 18.3 Å². The van der Waals surface area contributed by atoms with Gasteiger partial charge in [0.2, 0.25) is 5.91 Å². The number of carbonyl (C=O) groups excluding carboxylic acids is 1. The standard InChI is InChI=1S/C16H24N4O2/c21-16(13-2-1-3-13)19-14-4-5-15(18-12-14)17-6-7-20-8-10-22-11-9-20/h4-5,12-13H,1-3,6-11H2,(H,17,18)(H,19,21). The number of pyridine rings is 1. The van der Waals surface area contributed by atoms with Crippen LogP contribution < -0.4 is 10.6 Å². The molecule has 6 heteroatoms. The van der Waals surface area contributed by atoms with Crippen molar-refractivity contribution in [2.75, 3.05) is 50.0 Å². The predicted molar refractivity (Wildman–Crippen MR) is 86.0 cm³/mol. The molecule has 2 heterocycles. The third kappa shape index (κ3) is 4.18. The van der Waals surface area contributed by atoms with Gasteiger partial charge in [0.15, 0.2) is 0 Å². The SMILES string of the molecule is O=C(Nc1ccc(NCCN2CCOCC2)nc1)C1CCC1. The topological polar surface area (TPSA) is 66.5 Å². The number of carbonyl (C=O) groups is 1. The Kier molecular flexibility index (Phi) is 5.24. The minimum Gasteiger partial charge on any atom is -0.379 e. The van der Waals surface area contributed by atoms with Gasteiger partial charge in [0.25, 0.3) is 0 Å². The Bertz CT molecular complexity index is 481. The first-order valence-electron chi connectivity index (χ1n) is 8.12. The number of hydrogen-bond donors (Lipinski definition) is 2. The fraction of sp³-hybridized carbons (Fsp3) is 0.625. The number of ether oxygens (including phenoxy) is 1. The molecule has 1 aromatic rings. The second-order valence-electron chi connectivity index (χ2n) is 5.93. The molecular formula is C16H24N4O2. The molecule has 2 aliphatic rings. The number of morpholine rings is 1. The van der Waals surface area contributed by atoms with Crippen LogP contribution in [-0.4, -0.2) is 55.2 Å². The molecule has 6 nitrogen and oxygen atoms in total. The van der Waals surface area contributed by atoms with E-state index in [1.54, 1.807) is 6.20 Å². The molecule has 1 aliphatic carbocycles. The van der Waals surface area contributed by atoms with E-state index in [1.165, 1.54) is 6.42 Å². The van der Waals surface area contributed by atoms with Gasteiger partial charge in [-0.3, -0.25) is 9.69 Å². The minimum absolute atomic E-state index is 0.126. The number of anilines is 2. The van der Waals surface area contributed by atoms with Crippen molar-refractivity contribution in [3.8, 4) is 0 Å². The molecule has 1 amide bonds. The third-order valence-corrected chi connectivity index (χ3v) is 4.34. The normalized spacial score (nSPS) is 19.5. The van der Waals surface area contributed by atoms with E-state index in [1.807, 2.05) is 12.1 Å². The van der Waals surface area contributed by atoms with Crippen molar-refractivity contribution in [2.24, 2.45) is 5.92 Å². The fourth-order valence-electron chi connectivity index (χ4n) is 2.65. The zero-order valence-corrected chi connectivity index (χ0v) is 12.9. The Morgan fingerprint density at radius 1 is 1.32 bits per heavy atom. The summed E-state index contributed by atoms with van der Waals surface area (Å²) < 4.78 is 5.33. The molecule has 0 bridgehead atoms. The molecule has 0 unspecified atom stereocenters. The van der Waals surface area contributed by atoms with Crippen LogP contribution in [0.2, 0.25) is 0 Å². The molecule has 0 spiro atoms. The zero-order chi connectivity index (χ0) is 15.2. The molecule has 0 radical (unpaired) electrons. The van der Waals surface area contributed by atoms with Crippen LogP contribution in [0.25, 0.3) is 0 Å². The lowest BCUT2D eigenvalue weighted by Gasteiger charge is -2.26. The first-order valence-corrected chi connectivity index (χ1v) is 8.12. The van der Waals surface area contributed by atoms with Crippen molar-refractivity contribution in [1.29, 1.82) is 0 Å². The Morgan fingerprint density at radius 3 is 2.77 bits per heavy atom. The summed E-state index contributed by atoms with van der Waals surface area (Å²) in [5, 5.41) is 6.24. The molecule has 1 aromatic heterocycles. The van der Waals surface area contributed by atoms with Crippen molar-refractivity contribution in [2.45, 2.75) is 19.3 Å². The van der Waals surface area contributed by atoms with E-state index in [2.05, 4.69) is 20.5 Å². The summed E-state index contributed by atoms with van der Waals surface area (Å²) in [7, 11) is 0. The van der Waals surface area contributed by atoms with E-state index >= 15 is 0 Å². The van der Waals surface area contributed by atoms with Crippen LogP contribution in [0.15, 0.2) is 18.3 Å². The van der Waals surface area contributed by atoms with Crippen LogP contribution in [0.4, 0.5) is 11.5 Å². The molecule has 0 atom stereocenters. The van der Waals surface area contributed by atoms with Crippen molar-refractivity contribution < 1.29 is 9.53 Å². The van der Waals surface area contributed by atoms with Gasteiger partial charge in [0, 0.05) is 32.1 Å². The second kappa shape index (κ2) is 7.56. The molecule has 120 valence electrons. The van der Waals surface area contributed by atoms with Crippen molar-refractivity contribution >= 4 is 17.4 Å². The number of hydrogen-bond acceptors (Lipinski definition) is 5. The van der Waals surface area contributed by atoms with Gasteiger partial charge in [0.05, 0.1) is 25.1 Å². The summed E-state index contributed by atoms with van der Waals surface area (Å²) in [5.41, 5.74) is 0.774. The lowest BCUT2D eigenvalue weighted by molar-refractivity contribution is -0.122. The Balaban J connectivity index is 1.39. The van der Waals surface area contributed by atoms with Gasteiger partial charge < -0.3 is 15.4 Å². The highest BCUT2D eigenvalue weighted by atomic mass is 16.5. The molecule has 2 fully saturated rings. The number of rotatable bonds is 6. The Hall–Kier alpha value is -1.66. The number of amides is 1. The highest BCUT2D eigenvalue weighted by Gasteiger charge is 2.25. The van der Waals surface area contributed by atoms with Crippen LogP contribution in [0.3, 0.4) is 0 Å². The molecule has 3 rings (SSSR count). The van der Waals surface area contributed by atoms with Gasteiger partial charge in [-0.2, -0.15) is 0 Å². The van der Waals surface area contributed by atoms with Gasteiger partial charge >= 0.3 is 0 Å². The van der Waals surface area contributed by atoms with E-state index in [-0.39, 0.29) is 11.8 Å². The van der Waals surface area contributed by atoms with E-state index in [0.29, 0.717) is 0 Å². The van der Waals surface area contributed by atoms with E-state index in [0.717, 1.165) is 63.7 Å². The maximum atomic E-state index is 11.9. The summed E-state index contributed by atoms with van der Waals surface area (Å²) in [6.07, 6.45) is 4.91. The van der Waals surface area contributed by atoms with Crippen LogP contribution >= 0.6 is 0 Å². The Morgan fingerprint density at radius 2 is 2.14 bits per heavy atom.